The highest BCUT2D eigenvalue weighted by atomic mass is 15.2. The molecule has 1 aliphatic heterocycles. The van der Waals surface area contributed by atoms with E-state index in [2.05, 4.69) is 21.4 Å². The van der Waals surface area contributed by atoms with Gasteiger partial charge in [0.2, 0.25) is 0 Å². The molecule has 0 bridgehead atoms. The fraction of sp³-hybridized carbons (Fsp3) is 0.786. The summed E-state index contributed by atoms with van der Waals surface area (Å²) in [7, 11) is 0. The van der Waals surface area contributed by atoms with Crippen LogP contribution in [-0.2, 0) is 0 Å². The van der Waals surface area contributed by atoms with Crippen LogP contribution >= 0.6 is 0 Å². The van der Waals surface area contributed by atoms with Crippen LogP contribution < -0.4 is 5.73 Å². The zero-order chi connectivity index (χ0) is 12.5. The number of imidazole rings is 1. The molecule has 0 spiro atoms. The van der Waals surface area contributed by atoms with E-state index in [1.165, 1.54) is 37.9 Å². The topological polar surface area (TPSA) is 47.1 Å². The third-order valence-corrected chi connectivity index (χ3v) is 4.23. The minimum atomic E-state index is 0.263. The predicted molar refractivity (Wildman–Crippen MR) is 72.3 cm³/mol. The van der Waals surface area contributed by atoms with Crippen molar-refractivity contribution in [3.8, 4) is 0 Å². The van der Waals surface area contributed by atoms with Crippen molar-refractivity contribution in [2.75, 3.05) is 13.1 Å². The minimum absolute atomic E-state index is 0.263. The first-order valence-electron chi connectivity index (χ1n) is 7.32. The molecule has 2 N–H and O–H groups in total. The highest BCUT2D eigenvalue weighted by Gasteiger charge is 2.35. The fourth-order valence-corrected chi connectivity index (χ4v) is 3.24. The molecule has 4 nitrogen and oxygen atoms in total. The van der Waals surface area contributed by atoms with Gasteiger partial charge in [0.1, 0.15) is 0 Å². The van der Waals surface area contributed by atoms with Crippen LogP contribution in [0.5, 0.6) is 0 Å². The van der Waals surface area contributed by atoms with Crippen LogP contribution in [0, 0.1) is 0 Å². The largest absolute Gasteiger partial charge is 0.330 e. The molecule has 1 aromatic rings. The molecule has 0 aromatic carbocycles. The van der Waals surface area contributed by atoms with Crippen molar-refractivity contribution in [3.05, 3.63) is 18.2 Å². The van der Waals surface area contributed by atoms with Gasteiger partial charge in [0.05, 0.1) is 18.1 Å². The lowest BCUT2D eigenvalue weighted by Crippen LogP contribution is -2.46. The third-order valence-electron chi connectivity index (χ3n) is 4.23. The van der Waals surface area contributed by atoms with Crippen molar-refractivity contribution >= 4 is 0 Å². The first-order chi connectivity index (χ1) is 8.81. The Kier molecular flexibility index (Phi) is 3.39. The summed E-state index contributed by atoms with van der Waals surface area (Å²) in [6.45, 7) is 4.58. The van der Waals surface area contributed by atoms with Gasteiger partial charge in [-0.2, -0.15) is 0 Å². The van der Waals surface area contributed by atoms with Gasteiger partial charge in [-0.25, -0.2) is 4.98 Å². The molecule has 100 valence electrons. The highest BCUT2D eigenvalue weighted by Crippen LogP contribution is 2.39. The Hall–Kier alpha value is -0.870. The summed E-state index contributed by atoms with van der Waals surface area (Å²) < 4.78 is 2.37. The number of nitrogens with zero attached hydrogens (tertiary/aromatic N) is 3. The molecule has 2 fully saturated rings. The monoisotopic (exact) mass is 248 g/mol. The fourth-order valence-electron chi connectivity index (χ4n) is 3.24. The second kappa shape index (κ2) is 5.02. The lowest BCUT2D eigenvalue weighted by Gasteiger charge is -2.40. The van der Waals surface area contributed by atoms with Crippen LogP contribution in [0.4, 0.5) is 0 Å². The van der Waals surface area contributed by atoms with E-state index < -0.39 is 0 Å². The molecule has 2 heterocycles. The second-order valence-electron chi connectivity index (χ2n) is 5.74. The number of nitrogens with two attached hydrogens (primary N) is 1. The van der Waals surface area contributed by atoms with Crippen molar-refractivity contribution in [1.29, 1.82) is 0 Å². The molecule has 1 saturated carbocycles. The Morgan fingerprint density at radius 3 is 2.94 bits per heavy atom. The molecule has 3 rings (SSSR count). The Labute approximate surface area is 109 Å². The molecule has 1 aliphatic carbocycles. The minimum Gasteiger partial charge on any atom is -0.330 e. The van der Waals surface area contributed by atoms with E-state index in [0.29, 0.717) is 12.1 Å². The Bertz CT molecular complexity index is 394. The van der Waals surface area contributed by atoms with E-state index in [1.54, 1.807) is 0 Å². The summed E-state index contributed by atoms with van der Waals surface area (Å²) in [5.74, 6) is 0. The molecule has 0 amide bonds. The molecule has 2 unspecified atom stereocenters. The normalized spacial score (nSPS) is 29.7. The number of rotatable bonds is 4. The van der Waals surface area contributed by atoms with E-state index in [9.17, 15) is 0 Å². The summed E-state index contributed by atoms with van der Waals surface area (Å²) in [6.07, 6.45) is 10.2. The number of hydrogen-bond acceptors (Lipinski definition) is 3. The Balaban J connectivity index is 1.87. The number of piperidine rings is 1. The summed E-state index contributed by atoms with van der Waals surface area (Å²) in [6, 6.07) is 1.33. The van der Waals surface area contributed by atoms with Crippen LogP contribution in [0.3, 0.4) is 0 Å². The lowest BCUT2D eigenvalue weighted by molar-refractivity contribution is 0.122. The SMILES string of the molecule is CCCN1CCCC(N)C1c1cncn1C1CC1. The van der Waals surface area contributed by atoms with Gasteiger partial charge in [0, 0.05) is 18.3 Å². The quantitative estimate of drug-likeness (QED) is 0.887. The van der Waals surface area contributed by atoms with Gasteiger partial charge in [-0.15, -0.1) is 0 Å². The highest BCUT2D eigenvalue weighted by molar-refractivity contribution is 5.13. The van der Waals surface area contributed by atoms with Crippen molar-refractivity contribution in [2.24, 2.45) is 5.73 Å². The average Bonchev–Trinajstić information content (AvgIpc) is 3.09. The van der Waals surface area contributed by atoms with Crippen LogP contribution in [0.1, 0.15) is 56.8 Å². The van der Waals surface area contributed by atoms with Crippen molar-refractivity contribution in [2.45, 2.75) is 57.2 Å². The second-order valence-corrected chi connectivity index (χ2v) is 5.74. The van der Waals surface area contributed by atoms with Crippen molar-refractivity contribution in [3.63, 3.8) is 0 Å². The number of likely N-dealkylation sites (tertiary alicyclic amines) is 1. The molecule has 18 heavy (non-hydrogen) atoms. The molecule has 2 atom stereocenters. The van der Waals surface area contributed by atoms with E-state index in [0.717, 1.165) is 13.0 Å². The van der Waals surface area contributed by atoms with Gasteiger partial charge in [-0.3, -0.25) is 4.90 Å². The van der Waals surface area contributed by atoms with Gasteiger partial charge in [-0.1, -0.05) is 6.92 Å². The maximum atomic E-state index is 6.40. The van der Waals surface area contributed by atoms with Gasteiger partial charge < -0.3 is 10.3 Å². The van der Waals surface area contributed by atoms with Gasteiger partial charge >= 0.3 is 0 Å². The first kappa shape index (κ1) is 12.2. The zero-order valence-electron chi connectivity index (χ0n) is 11.3. The van der Waals surface area contributed by atoms with E-state index >= 15 is 0 Å². The Morgan fingerprint density at radius 1 is 1.39 bits per heavy atom. The molecule has 1 aromatic heterocycles. The van der Waals surface area contributed by atoms with E-state index in [1.807, 2.05) is 12.5 Å². The summed E-state index contributed by atoms with van der Waals surface area (Å²) in [5, 5.41) is 0. The van der Waals surface area contributed by atoms with Crippen LogP contribution in [0.25, 0.3) is 0 Å². The smallest absolute Gasteiger partial charge is 0.0951 e. The number of hydrogen-bond donors (Lipinski definition) is 1. The van der Waals surface area contributed by atoms with E-state index in [4.69, 9.17) is 5.73 Å². The van der Waals surface area contributed by atoms with E-state index in [-0.39, 0.29) is 6.04 Å². The third kappa shape index (κ3) is 2.19. The van der Waals surface area contributed by atoms with Gasteiger partial charge in [0.25, 0.3) is 0 Å². The molecule has 2 aliphatic rings. The Morgan fingerprint density at radius 2 is 2.22 bits per heavy atom. The van der Waals surface area contributed by atoms with Crippen molar-refractivity contribution < 1.29 is 0 Å². The maximum Gasteiger partial charge on any atom is 0.0951 e. The van der Waals surface area contributed by atoms with Crippen LogP contribution in [0.15, 0.2) is 12.5 Å². The summed E-state index contributed by atoms with van der Waals surface area (Å²) in [4.78, 5) is 6.93. The maximum absolute atomic E-state index is 6.40. The zero-order valence-corrected chi connectivity index (χ0v) is 11.3. The molecule has 1 saturated heterocycles. The lowest BCUT2D eigenvalue weighted by atomic mass is 9.94. The average molecular weight is 248 g/mol. The molecule has 0 radical (unpaired) electrons. The van der Waals surface area contributed by atoms with Gasteiger partial charge in [0.15, 0.2) is 0 Å². The first-order valence-corrected chi connectivity index (χ1v) is 7.32. The standard InChI is InChI=1S/C14H24N4/c1-2-7-17-8-3-4-12(15)14(17)13-9-16-10-18(13)11-5-6-11/h9-12,14H,2-8,15H2,1H3. The van der Waals surface area contributed by atoms with Crippen molar-refractivity contribution in [1.82, 2.24) is 14.5 Å². The predicted octanol–water partition coefficient (Wildman–Crippen LogP) is 2.09. The summed E-state index contributed by atoms with van der Waals surface area (Å²) in [5.41, 5.74) is 7.74. The molecule has 4 heteroatoms. The van der Waals surface area contributed by atoms with Crippen LogP contribution in [-0.4, -0.2) is 33.6 Å². The molecular formula is C14H24N4. The summed E-state index contributed by atoms with van der Waals surface area (Å²) >= 11 is 0. The number of aromatic nitrogens is 2. The molecular weight excluding hydrogens is 224 g/mol. The van der Waals surface area contributed by atoms with Crippen LogP contribution in [0.2, 0.25) is 0 Å². The van der Waals surface area contributed by atoms with Gasteiger partial charge in [-0.05, 0) is 45.2 Å².